The van der Waals surface area contributed by atoms with E-state index in [1.807, 2.05) is 17.0 Å². The van der Waals surface area contributed by atoms with E-state index in [4.69, 9.17) is 14.2 Å². The topological polar surface area (TPSA) is 51.2 Å². The number of piperidine rings is 1. The van der Waals surface area contributed by atoms with Crippen LogP contribution < -0.4 is 19.1 Å². The standard InChI is InChI=1S/C23H24N2O4/c26-22(24-8-4-1-5-9-24)12-25-13-23(16-6-2-3-7-18(16)25)14-27-19-11-21-20(10-17(19)23)28-15-29-21/h2-3,6-7,10-11H,1,4-5,8-9,12-15H2. The van der Waals surface area contributed by atoms with Crippen LogP contribution in [0.3, 0.4) is 0 Å². The molecule has 4 aliphatic rings. The van der Waals surface area contributed by atoms with Crippen molar-refractivity contribution < 1.29 is 19.0 Å². The molecule has 1 spiro atoms. The van der Waals surface area contributed by atoms with Gasteiger partial charge in [0, 0.05) is 37.0 Å². The lowest BCUT2D eigenvalue weighted by molar-refractivity contribution is -0.130. The minimum atomic E-state index is -0.283. The number of likely N-dealkylation sites (tertiary alicyclic amines) is 1. The predicted octanol–water partition coefficient (Wildman–Crippen LogP) is 2.93. The molecule has 1 amide bonds. The SMILES string of the molecule is O=C(CN1CC2(COc3cc4c(cc32)OCO4)c2ccccc21)N1CCCCC1. The molecule has 0 aliphatic carbocycles. The zero-order chi connectivity index (χ0) is 19.4. The summed E-state index contributed by atoms with van der Waals surface area (Å²) in [4.78, 5) is 17.2. The summed E-state index contributed by atoms with van der Waals surface area (Å²) in [6, 6.07) is 12.4. The Kier molecular flexibility index (Phi) is 3.70. The van der Waals surface area contributed by atoms with Crippen LogP contribution in [0.5, 0.6) is 17.2 Å². The largest absolute Gasteiger partial charge is 0.492 e. The fourth-order valence-corrected chi connectivity index (χ4v) is 5.25. The number of ether oxygens (including phenoxy) is 3. The summed E-state index contributed by atoms with van der Waals surface area (Å²) in [5.41, 5.74) is 3.20. The number of para-hydroxylation sites is 1. The molecule has 1 saturated heterocycles. The molecule has 2 aromatic carbocycles. The maximum Gasteiger partial charge on any atom is 0.242 e. The fraction of sp³-hybridized carbons (Fsp3) is 0.435. The van der Waals surface area contributed by atoms with E-state index in [1.165, 1.54) is 12.0 Å². The monoisotopic (exact) mass is 392 g/mol. The Balaban J connectivity index is 1.36. The van der Waals surface area contributed by atoms with Crippen LogP contribution >= 0.6 is 0 Å². The second kappa shape index (κ2) is 6.31. The van der Waals surface area contributed by atoms with Gasteiger partial charge in [-0.15, -0.1) is 0 Å². The van der Waals surface area contributed by atoms with Crippen LogP contribution in [0.1, 0.15) is 30.4 Å². The Hall–Kier alpha value is -2.89. The van der Waals surface area contributed by atoms with Gasteiger partial charge in [-0.25, -0.2) is 0 Å². The molecule has 1 unspecified atom stereocenters. The van der Waals surface area contributed by atoms with E-state index in [-0.39, 0.29) is 18.1 Å². The van der Waals surface area contributed by atoms with E-state index in [9.17, 15) is 4.79 Å². The molecule has 0 bridgehead atoms. The number of anilines is 1. The van der Waals surface area contributed by atoms with Crippen molar-refractivity contribution in [1.29, 1.82) is 0 Å². The predicted molar refractivity (Wildman–Crippen MR) is 108 cm³/mol. The van der Waals surface area contributed by atoms with Gasteiger partial charge in [-0.1, -0.05) is 18.2 Å². The van der Waals surface area contributed by atoms with Crippen LogP contribution in [0.25, 0.3) is 0 Å². The average Bonchev–Trinajstić information content (AvgIpc) is 3.45. The average molecular weight is 392 g/mol. The maximum absolute atomic E-state index is 13.0. The van der Waals surface area contributed by atoms with Crippen molar-refractivity contribution in [3.63, 3.8) is 0 Å². The number of fused-ring (bicyclic) bond motifs is 5. The Labute approximate surface area is 170 Å². The first-order valence-corrected chi connectivity index (χ1v) is 10.4. The Morgan fingerprint density at radius 2 is 1.72 bits per heavy atom. The molecule has 4 aliphatic heterocycles. The van der Waals surface area contributed by atoms with Gasteiger partial charge in [0.2, 0.25) is 12.7 Å². The number of rotatable bonds is 2. The third-order valence-electron chi connectivity index (χ3n) is 6.72. The highest BCUT2D eigenvalue weighted by Gasteiger charge is 2.50. The van der Waals surface area contributed by atoms with Crippen molar-refractivity contribution in [2.24, 2.45) is 0 Å². The molecule has 6 heteroatoms. The highest BCUT2D eigenvalue weighted by Crippen LogP contribution is 2.54. The number of hydrogen-bond donors (Lipinski definition) is 0. The summed E-state index contributed by atoms with van der Waals surface area (Å²) in [6.07, 6.45) is 3.45. The third kappa shape index (κ3) is 2.51. The summed E-state index contributed by atoms with van der Waals surface area (Å²) in [6.45, 7) is 3.73. The highest BCUT2D eigenvalue weighted by atomic mass is 16.7. The number of carbonyl (C=O) groups is 1. The van der Waals surface area contributed by atoms with Crippen molar-refractivity contribution in [2.75, 3.05) is 44.5 Å². The number of benzene rings is 2. The first kappa shape index (κ1) is 17.0. The fourth-order valence-electron chi connectivity index (χ4n) is 5.25. The molecule has 0 aromatic heterocycles. The summed E-state index contributed by atoms with van der Waals surface area (Å²) in [7, 11) is 0. The minimum Gasteiger partial charge on any atom is -0.492 e. The van der Waals surface area contributed by atoms with Gasteiger partial charge in [-0.05, 0) is 37.0 Å². The number of amides is 1. The van der Waals surface area contributed by atoms with Crippen LogP contribution in [0, 0.1) is 0 Å². The molecule has 0 saturated carbocycles. The molecule has 1 atom stereocenters. The van der Waals surface area contributed by atoms with Crippen LogP contribution in [-0.2, 0) is 10.2 Å². The number of carbonyl (C=O) groups excluding carboxylic acids is 1. The summed E-state index contributed by atoms with van der Waals surface area (Å²) in [5.74, 6) is 2.59. The van der Waals surface area contributed by atoms with Crippen LogP contribution in [0.4, 0.5) is 5.69 Å². The van der Waals surface area contributed by atoms with Gasteiger partial charge < -0.3 is 24.0 Å². The first-order chi connectivity index (χ1) is 14.2. The lowest BCUT2D eigenvalue weighted by Gasteiger charge is -2.30. The second-order valence-corrected chi connectivity index (χ2v) is 8.39. The van der Waals surface area contributed by atoms with E-state index in [1.54, 1.807) is 0 Å². The summed E-state index contributed by atoms with van der Waals surface area (Å²) in [5, 5.41) is 0. The second-order valence-electron chi connectivity index (χ2n) is 8.39. The molecular formula is C23H24N2O4. The van der Waals surface area contributed by atoms with Gasteiger partial charge in [0.15, 0.2) is 11.5 Å². The summed E-state index contributed by atoms with van der Waals surface area (Å²) < 4.78 is 17.3. The molecule has 6 nitrogen and oxygen atoms in total. The van der Waals surface area contributed by atoms with Crippen molar-refractivity contribution in [2.45, 2.75) is 24.7 Å². The van der Waals surface area contributed by atoms with Crippen molar-refractivity contribution in [3.05, 3.63) is 47.5 Å². The Morgan fingerprint density at radius 3 is 2.59 bits per heavy atom. The smallest absolute Gasteiger partial charge is 0.242 e. The van der Waals surface area contributed by atoms with Crippen molar-refractivity contribution >= 4 is 11.6 Å². The van der Waals surface area contributed by atoms with Crippen LogP contribution in [0.2, 0.25) is 0 Å². The zero-order valence-electron chi connectivity index (χ0n) is 16.4. The van der Waals surface area contributed by atoms with Crippen LogP contribution in [0.15, 0.2) is 36.4 Å². The number of nitrogens with zero attached hydrogens (tertiary/aromatic N) is 2. The van der Waals surface area contributed by atoms with Gasteiger partial charge in [-0.2, -0.15) is 0 Å². The lowest BCUT2D eigenvalue weighted by atomic mass is 9.77. The van der Waals surface area contributed by atoms with Gasteiger partial charge in [0.05, 0.1) is 12.0 Å². The Morgan fingerprint density at radius 1 is 0.931 bits per heavy atom. The first-order valence-electron chi connectivity index (χ1n) is 10.4. The Bertz CT molecular complexity index is 985. The van der Waals surface area contributed by atoms with E-state index in [2.05, 4.69) is 29.2 Å². The van der Waals surface area contributed by atoms with Gasteiger partial charge >= 0.3 is 0 Å². The van der Waals surface area contributed by atoms with E-state index >= 15 is 0 Å². The third-order valence-corrected chi connectivity index (χ3v) is 6.72. The van der Waals surface area contributed by atoms with Gasteiger partial charge in [0.1, 0.15) is 12.4 Å². The molecule has 0 N–H and O–H groups in total. The summed E-state index contributed by atoms with van der Waals surface area (Å²) >= 11 is 0. The van der Waals surface area contributed by atoms with Crippen molar-refractivity contribution in [3.8, 4) is 17.2 Å². The quantitative estimate of drug-likeness (QED) is 0.787. The molecule has 2 aromatic rings. The molecular weight excluding hydrogens is 368 g/mol. The van der Waals surface area contributed by atoms with E-state index in [0.29, 0.717) is 13.2 Å². The van der Waals surface area contributed by atoms with E-state index < -0.39 is 0 Å². The number of hydrogen-bond acceptors (Lipinski definition) is 5. The molecule has 6 rings (SSSR count). The molecule has 29 heavy (non-hydrogen) atoms. The van der Waals surface area contributed by atoms with Gasteiger partial charge in [-0.3, -0.25) is 4.79 Å². The van der Waals surface area contributed by atoms with Gasteiger partial charge in [0.25, 0.3) is 0 Å². The minimum absolute atomic E-state index is 0.223. The zero-order valence-corrected chi connectivity index (χ0v) is 16.4. The van der Waals surface area contributed by atoms with Crippen LogP contribution in [-0.4, -0.2) is 50.4 Å². The normalized spacial score (nSPS) is 23.9. The molecule has 150 valence electrons. The highest BCUT2D eigenvalue weighted by molar-refractivity contribution is 5.84. The molecule has 4 heterocycles. The van der Waals surface area contributed by atoms with E-state index in [0.717, 1.165) is 61.0 Å². The van der Waals surface area contributed by atoms with Crippen molar-refractivity contribution in [1.82, 2.24) is 4.90 Å². The molecule has 1 fully saturated rings. The molecule has 0 radical (unpaired) electrons. The maximum atomic E-state index is 13.0. The lowest BCUT2D eigenvalue weighted by Crippen LogP contribution is -2.44.